The molecule has 1 unspecified atom stereocenters. The lowest BCUT2D eigenvalue weighted by molar-refractivity contribution is -0.121. The molecule has 2 rings (SSSR count). The summed E-state index contributed by atoms with van der Waals surface area (Å²) < 4.78 is 0. The molecular weight excluding hydrogens is 198 g/mol. The number of aromatic nitrogens is 1. The van der Waals surface area contributed by atoms with E-state index >= 15 is 0 Å². The summed E-state index contributed by atoms with van der Waals surface area (Å²) in [6.07, 6.45) is 5.70. The SMILES string of the molecule is Cl.O=C1CCCCC1c1ccccn1. The fraction of sp³-hybridized carbons (Fsp3) is 0.455. The average molecular weight is 212 g/mol. The highest BCUT2D eigenvalue weighted by atomic mass is 35.5. The summed E-state index contributed by atoms with van der Waals surface area (Å²) in [5.74, 6) is 0.444. The van der Waals surface area contributed by atoms with Crippen molar-refractivity contribution in [1.82, 2.24) is 4.98 Å². The van der Waals surface area contributed by atoms with Crippen LogP contribution in [0.1, 0.15) is 37.3 Å². The first kappa shape index (κ1) is 11.2. The maximum atomic E-state index is 11.6. The first-order valence-electron chi connectivity index (χ1n) is 4.81. The number of halogens is 1. The second kappa shape index (κ2) is 5.11. The van der Waals surface area contributed by atoms with Gasteiger partial charge in [0.15, 0.2) is 0 Å². The van der Waals surface area contributed by atoms with Crippen molar-refractivity contribution in [3.63, 3.8) is 0 Å². The van der Waals surface area contributed by atoms with Gasteiger partial charge in [-0.1, -0.05) is 12.5 Å². The first-order valence-corrected chi connectivity index (χ1v) is 4.81. The molecule has 1 aliphatic rings. The van der Waals surface area contributed by atoms with E-state index in [2.05, 4.69) is 4.98 Å². The number of ketones is 1. The maximum absolute atomic E-state index is 11.6. The van der Waals surface area contributed by atoms with Crippen LogP contribution in [-0.4, -0.2) is 10.8 Å². The van der Waals surface area contributed by atoms with Crippen molar-refractivity contribution in [2.45, 2.75) is 31.6 Å². The Kier molecular flexibility index (Phi) is 4.08. The molecule has 76 valence electrons. The topological polar surface area (TPSA) is 30.0 Å². The Morgan fingerprint density at radius 2 is 2.14 bits per heavy atom. The lowest BCUT2D eigenvalue weighted by Gasteiger charge is -2.19. The molecule has 1 fully saturated rings. The number of nitrogens with zero attached hydrogens (tertiary/aromatic N) is 1. The van der Waals surface area contributed by atoms with Gasteiger partial charge in [-0.15, -0.1) is 12.4 Å². The van der Waals surface area contributed by atoms with Crippen LogP contribution in [-0.2, 0) is 4.79 Å². The van der Waals surface area contributed by atoms with Crippen molar-refractivity contribution >= 4 is 18.2 Å². The van der Waals surface area contributed by atoms with Gasteiger partial charge in [0.2, 0.25) is 0 Å². The normalized spacial score (nSPS) is 21.4. The minimum absolute atomic E-state index is 0. The molecule has 1 heterocycles. The van der Waals surface area contributed by atoms with Gasteiger partial charge in [-0.05, 0) is 25.0 Å². The van der Waals surface area contributed by atoms with Crippen molar-refractivity contribution in [2.24, 2.45) is 0 Å². The molecule has 0 amide bonds. The molecule has 1 aromatic heterocycles. The quantitative estimate of drug-likeness (QED) is 0.715. The largest absolute Gasteiger partial charge is 0.299 e. The van der Waals surface area contributed by atoms with Crippen LogP contribution >= 0.6 is 12.4 Å². The van der Waals surface area contributed by atoms with Gasteiger partial charge in [-0.2, -0.15) is 0 Å². The number of pyridine rings is 1. The fourth-order valence-corrected chi connectivity index (χ4v) is 1.88. The van der Waals surface area contributed by atoms with Crippen molar-refractivity contribution in [2.75, 3.05) is 0 Å². The van der Waals surface area contributed by atoms with E-state index in [4.69, 9.17) is 0 Å². The number of hydrogen-bond acceptors (Lipinski definition) is 2. The van der Waals surface area contributed by atoms with Crippen molar-refractivity contribution in [3.8, 4) is 0 Å². The van der Waals surface area contributed by atoms with Crippen LogP contribution in [0.3, 0.4) is 0 Å². The average Bonchev–Trinajstić information content (AvgIpc) is 2.20. The van der Waals surface area contributed by atoms with Crippen molar-refractivity contribution in [1.29, 1.82) is 0 Å². The van der Waals surface area contributed by atoms with E-state index in [0.717, 1.165) is 31.4 Å². The molecule has 0 radical (unpaired) electrons. The van der Waals surface area contributed by atoms with E-state index < -0.39 is 0 Å². The van der Waals surface area contributed by atoms with Crippen molar-refractivity contribution in [3.05, 3.63) is 30.1 Å². The van der Waals surface area contributed by atoms with Crippen LogP contribution in [0.4, 0.5) is 0 Å². The van der Waals surface area contributed by atoms with E-state index in [9.17, 15) is 4.79 Å². The summed E-state index contributed by atoms with van der Waals surface area (Å²) in [5, 5.41) is 0. The van der Waals surface area contributed by atoms with E-state index in [-0.39, 0.29) is 18.3 Å². The van der Waals surface area contributed by atoms with Crippen LogP contribution in [0.5, 0.6) is 0 Å². The molecule has 0 spiro atoms. The second-order valence-electron chi connectivity index (χ2n) is 3.52. The Morgan fingerprint density at radius 3 is 2.79 bits per heavy atom. The van der Waals surface area contributed by atoms with Gasteiger partial charge in [0.1, 0.15) is 5.78 Å². The Bertz CT molecular complexity index is 299. The number of Topliss-reactive ketones (excluding diaryl/α,β-unsaturated/α-hetero) is 1. The third-order valence-electron chi connectivity index (χ3n) is 2.60. The number of carbonyl (C=O) groups excluding carboxylic acids is 1. The fourth-order valence-electron chi connectivity index (χ4n) is 1.88. The molecule has 3 heteroatoms. The Labute approximate surface area is 90.1 Å². The molecule has 0 aromatic carbocycles. The summed E-state index contributed by atoms with van der Waals surface area (Å²) in [4.78, 5) is 15.8. The summed E-state index contributed by atoms with van der Waals surface area (Å²) in [5.41, 5.74) is 0.951. The molecule has 2 nitrogen and oxygen atoms in total. The van der Waals surface area contributed by atoms with Crippen LogP contribution in [0.15, 0.2) is 24.4 Å². The molecule has 0 N–H and O–H groups in total. The monoisotopic (exact) mass is 211 g/mol. The maximum Gasteiger partial charge on any atom is 0.141 e. The van der Waals surface area contributed by atoms with E-state index in [1.54, 1.807) is 6.20 Å². The van der Waals surface area contributed by atoms with Crippen LogP contribution < -0.4 is 0 Å². The molecule has 0 saturated heterocycles. The minimum atomic E-state index is 0. The van der Waals surface area contributed by atoms with Gasteiger partial charge >= 0.3 is 0 Å². The van der Waals surface area contributed by atoms with Crippen LogP contribution in [0.25, 0.3) is 0 Å². The van der Waals surface area contributed by atoms with Crippen molar-refractivity contribution < 1.29 is 4.79 Å². The summed E-state index contributed by atoms with van der Waals surface area (Å²) in [6, 6.07) is 5.79. The molecule has 0 bridgehead atoms. The zero-order valence-electron chi connectivity index (χ0n) is 7.98. The lowest BCUT2D eigenvalue weighted by atomic mass is 9.85. The number of hydrogen-bond donors (Lipinski definition) is 0. The summed E-state index contributed by atoms with van der Waals surface area (Å²) in [7, 11) is 0. The first-order chi connectivity index (χ1) is 6.38. The number of rotatable bonds is 1. The van der Waals surface area contributed by atoms with Gasteiger partial charge < -0.3 is 0 Å². The predicted molar refractivity (Wildman–Crippen MR) is 57.7 cm³/mol. The zero-order valence-corrected chi connectivity index (χ0v) is 8.80. The molecule has 1 aromatic rings. The standard InChI is InChI=1S/C11H13NO.ClH/c13-11-7-2-1-5-9(11)10-6-3-4-8-12-10;/h3-4,6,8-9H,1-2,5,7H2;1H. The molecule has 14 heavy (non-hydrogen) atoms. The third-order valence-corrected chi connectivity index (χ3v) is 2.60. The summed E-state index contributed by atoms with van der Waals surface area (Å²) in [6.45, 7) is 0. The highest BCUT2D eigenvalue weighted by molar-refractivity contribution is 5.86. The Hall–Kier alpha value is -0.890. The second-order valence-corrected chi connectivity index (χ2v) is 3.52. The van der Waals surface area contributed by atoms with Gasteiger partial charge in [0, 0.05) is 12.6 Å². The number of carbonyl (C=O) groups is 1. The van der Waals surface area contributed by atoms with Gasteiger partial charge in [0.05, 0.1) is 11.6 Å². The van der Waals surface area contributed by atoms with Crippen LogP contribution in [0, 0.1) is 0 Å². The lowest BCUT2D eigenvalue weighted by Crippen LogP contribution is -2.17. The predicted octanol–water partition coefficient (Wildman–Crippen LogP) is 2.73. The highest BCUT2D eigenvalue weighted by Crippen LogP contribution is 2.28. The minimum Gasteiger partial charge on any atom is -0.299 e. The van der Waals surface area contributed by atoms with Gasteiger partial charge in [-0.25, -0.2) is 0 Å². The molecule has 1 aliphatic carbocycles. The highest BCUT2D eigenvalue weighted by Gasteiger charge is 2.24. The van der Waals surface area contributed by atoms with Gasteiger partial charge in [-0.3, -0.25) is 9.78 Å². The molecule has 1 saturated carbocycles. The van der Waals surface area contributed by atoms with Gasteiger partial charge in [0.25, 0.3) is 0 Å². The Morgan fingerprint density at radius 1 is 1.29 bits per heavy atom. The smallest absolute Gasteiger partial charge is 0.141 e. The van der Waals surface area contributed by atoms with E-state index in [1.165, 1.54) is 0 Å². The molecule has 0 aliphatic heterocycles. The Balaban J connectivity index is 0.000000980. The zero-order chi connectivity index (χ0) is 9.10. The molecular formula is C11H14ClNO. The van der Waals surface area contributed by atoms with E-state index in [0.29, 0.717) is 5.78 Å². The van der Waals surface area contributed by atoms with Crippen LogP contribution in [0.2, 0.25) is 0 Å². The molecule has 1 atom stereocenters. The van der Waals surface area contributed by atoms with E-state index in [1.807, 2.05) is 18.2 Å². The third kappa shape index (κ3) is 2.32. The summed E-state index contributed by atoms with van der Waals surface area (Å²) >= 11 is 0.